The van der Waals surface area contributed by atoms with Crippen molar-refractivity contribution in [2.75, 3.05) is 12.4 Å². The number of halogens is 1. The molecule has 2 atom stereocenters. The van der Waals surface area contributed by atoms with Gasteiger partial charge in [0.1, 0.15) is 6.07 Å². The zero-order valence-electron chi connectivity index (χ0n) is 10.4. The Kier molecular flexibility index (Phi) is 4.46. The van der Waals surface area contributed by atoms with E-state index in [0.717, 1.165) is 31.4 Å². The van der Waals surface area contributed by atoms with Crippen LogP contribution in [0.4, 0.5) is 5.69 Å². The Balaban J connectivity index is 2.09. The van der Waals surface area contributed by atoms with Crippen LogP contribution < -0.4 is 5.32 Å². The van der Waals surface area contributed by atoms with Gasteiger partial charge in [0, 0.05) is 18.2 Å². The molecule has 4 heteroatoms. The molecule has 1 aliphatic carbocycles. The molecule has 0 spiro atoms. The molecule has 18 heavy (non-hydrogen) atoms. The largest absolute Gasteiger partial charge is 0.381 e. The van der Waals surface area contributed by atoms with Gasteiger partial charge in [-0.1, -0.05) is 11.6 Å². The van der Waals surface area contributed by atoms with Crippen LogP contribution in [0.25, 0.3) is 0 Å². The van der Waals surface area contributed by atoms with Crippen LogP contribution in [0.2, 0.25) is 5.02 Å². The molecule has 3 nitrogen and oxygen atoms in total. The van der Waals surface area contributed by atoms with E-state index in [1.54, 1.807) is 19.2 Å². The van der Waals surface area contributed by atoms with E-state index in [1.807, 2.05) is 6.07 Å². The molecule has 0 heterocycles. The van der Waals surface area contributed by atoms with Gasteiger partial charge in [-0.15, -0.1) is 0 Å². The fourth-order valence-electron chi connectivity index (χ4n) is 2.44. The van der Waals surface area contributed by atoms with Crippen molar-refractivity contribution in [2.24, 2.45) is 0 Å². The van der Waals surface area contributed by atoms with Crippen molar-refractivity contribution in [3.05, 3.63) is 28.8 Å². The Bertz CT molecular complexity index is 456. The molecule has 0 saturated heterocycles. The zero-order chi connectivity index (χ0) is 13.0. The average molecular weight is 265 g/mol. The van der Waals surface area contributed by atoms with Gasteiger partial charge in [0.15, 0.2) is 0 Å². The summed E-state index contributed by atoms with van der Waals surface area (Å²) in [6.07, 6.45) is 4.68. The topological polar surface area (TPSA) is 45.0 Å². The molecule has 96 valence electrons. The lowest BCUT2D eigenvalue weighted by Gasteiger charge is -2.29. The summed E-state index contributed by atoms with van der Waals surface area (Å²) in [4.78, 5) is 0. The first-order valence-electron chi connectivity index (χ1n) is 6.22. The van der Waals surface area contributed by atoms with E-state index < -0.39 is 0 Å². The van der Waals surface area contributed by atoms with Gasteiger partial charge in [0.05, 0.1) is 17.4 Å². The third-order valence-corrected chi connectivity index (χ3v) is 3.66. The van der Waals surface area contributed by atoms with Crippen molar-refractivity contribution < 1.29 is 4.74 Å². The molecule has 2 unspecified atom stereocenters. The maximum atomic E-state index is 9.08. The summed E-state index contributed by atoms with van der Waals surface area (Å²) < 4.78 is 5.41. The SMILES string of the molecule is COC1CCCC(Nc2cc(Cl)ccc2C#N)C1. The number of nitriles is 1. The second-order valence-electron chi connectivity index (χ2n) is 4.67. The zero-order valence-corrected chi connectivity index (χ0v) is 11.2. The Morgan fingerprint density at radius 1 is 1.44 bits per heavy atom. The van der Waals surface area contributed by atoms with Crippen molar-refractivity contribution >= 4 is 17.3 Å². The summed E-state index contributed by atoms with van der Waals surface area (Å²) in [7, 11) is 1.76. The minimum Gasteiger partial charge on any atom is -0.381 e. The third-order valence-electron chi connectivity index (χ3n) is 3.42. The fourth-order valence-corrected chi connectivity index (χ4v) is 2.62. The van der Waals surface area contributed by atoms with Gasteiger partial charge < -0.3 is 10.1 Å². The minimum absolute atomic E-state index is 0.320. The minimum atomic E-state index is 0.320. The lowest BCUT2D eigenvalue weighted by Crippen LogP contribution is -2.31. The first-order chi connectivity index (χ1) is 8.72. The Morgan fingerprint density at radius 2 is 2.28 bits per heavy atom. The summed E-state index contributed by atoms with van der Waals surface area (Å²) in [5.74, 6) is 0. The molecule has 0 aromatic heterocycles. The van der Waals surface area contributed by atoms with Crippen LogP contribution in [0.5, 0.6) is 0 Å². The van der Waals surface area contributed by atoms with Crippen molar-refractivity contribution in [1.29, 1.82) is 5.26 Å². The van der Waals surface area contributed by atoms with E-state index in [-0.39, 0.29) is 0 Å². The normalized spacial score (nSPS) is 23.4. The maximum absolute atomic E-state index is 9.08. The van der Waals surface area contributed by atoms with Crippen LogP contribution in [-0.4, -0.2) is 19.3 Å². The third kappa shape index (κ3) is 3.16. The predicted octanol–water partition coefficient (Wildman–Crippen LogP) is 3.58. The van der Waals surface area contributed by atoms with E-state index in [0.29, 0.717) is 22.7 Å². The molecule has 2 rings (SSSR count). The monoisotopic (exact) mass is 264 g/mol. The van der Waals surface area contributed by atoms with Gasteiger partial charge >= 0.3 is 0 Å². The highest BCUT2D eigenvalue weighted by atomic mass is 35.5. The van der Waals surface area contributed by atoms with Crippen LogP contribution in [-0.2, 0) is 4.74 Å². The number of hydrogen-bond acceptors (Lipinski definition) is 3. The number of nitrogens with one attached hydrogen (secondary N) is 1. The van der Waals surface area contributed by atoms with Gasteiger partial charge in [-0.05, 0) is 43.9 Å². The molecule has 1 N–H and O–H groups in total. The molecule has 1 saturated carbocycles. The van der Waals surface area contributed by atoms with Gasteiger partial charge in [0.25, 0.3) is 0 Å². The van der Waals surface area contributed by atoms with Crippen LogP contribution in [0.3, 0.4) is 0 Å². The molecule has 0 radical (unpaired) electrons. The van der Waals surface area contributed by atoms with Crippen molar-refractivity contribution in [3.63, 3.8) is 0 Å². The lowest BCUT2D eigenvalue weighted by molar-refractivity contribution is 0.0669. The molecule has 1 aliphatic rings. The molecule has 1 aromatic carbocycles. The first kappa shape index (κ1) is 13.2. The lowest BCUT2D eigenvalue weighted by atomic mass is 9.92. The standard InChI is InChI=1S/C14H17ClN2O/c1-18-13-4-2-3-12(8-13)17-14-7-11(15)6-5-10(14)9-16/h5-7,12-13,17H,2-4,8H2,1H3. The summed E-state index contributed by atoms with van der Waals surface area (Å²) in [5, 5.41) is 13.1. The maximum Gasteiger partial charge on any atom is 0.101 e. The van der Waals surface area contributed by atoms with Gasteiger partial charge in [0.2, 0.25) is 0 Å². The van der Waals surface area contributed by atoms with E-state index in [4.69, 9.17) is 21.6 Å². The average Bonchev–Trinajstić information content (AvgIpc) is 2.39. The number of rotatable bonds is 3. The van der Waals surface area contributed by atoms with Crippen LogP contribution >= 0.6 is 11.6 Å². The van der Waals surface area contributed by atoms with E-state index in [9.17, 15) is 0 Å². The van der Waals surface area contributed by atoms with Crippen molar-refractivity contribution in [3.8, 4) is 6.07 Å². The Labute approximate surface area is 113 Å². The summed E-state index contributed by atoms with van der Waals surface area (Å²) in [6.45, 7) is 0. The van der Waals surface area contributed by atoms with Crippen LogP contribution in [0.1, 0.15) is 31.2 Å². The van der Waals surface area contributed by atoms with Gasteiger partial charge in [-0.25, -0.2) is 0 Å². The van der Waals surface area contributed by atoms with Crippen molar-refractivity contribution in [1.82, 2.24) is 0 Å². The first-order valence-corrected chi connectivity index (χ1v) is 6.59. The number of hydrogen-bond donors (Lipinski definition) is 1. The second kappa shape index (κ2) is 6.08. The second-order valence-corrected chi connectivity index (χ2v) is 5.10. The number of methoxy groups -OCH3 is 1. The molecule has 0 bridgehead atoms. The molecular formula is C14H17ClN2O. The van der Waals surface area contributed by atoms with E-state index in [1.165, 1.54) is 0 Å². The van der Waals surface area contributed by atoms with Crippen LogP contribution in [0, 0.1) is 11.3 Å². The summed E-state index contributed by atoms with van der Waals surface area (Å²) >= 11 is 5.97. The quantitative estimate of drug-likeness (QED) is 0.908. The highest BCUT2D eigenvalue weighted by Crippen LogP contribution is 2.27. The molecule has 1 aromatic rings. The molecule has 1 fully saturated rings. The van der Waals surface area contributed by atoms with Gasteiger partial charge in [-0.3, -0.25) is 0 Å². The molecule has 0 amide bonds. The highest BCUT2D eigenvalue weighted by Gasteiger charge is 2.22. The Hall–Kier alpha value is -1.24. The van der Waals surface area contributed by atoms with Crippen molar-refractivity contribution in [2.45, 2.75) is 37.8 Å². The summed E-state index contributed by atoms with van der Waals surface area (Å²) in [5.41, 5.74) is 1.46. The fraction of sp³-hybridized carbons (Fsp3) is 0.500. The number of ether oxygens (including phenoxy) is 1. The highest BCUT2D eigenvalue weighted by molar-refractivity contribution is 6.30. The molecular weight excluding hydrogens is 248 g/mol. The number of anilines is 1. The molecule has 0 aliphatic heterocycles. The Morgan fingerprint density at radius 3 is 3.00 bits per heavy atom. The van der Waals surface area contributed by atoms with Gasteiger partial charge in [-0.2, -0.15) is 5.26 Å². The van der Waals surface area contributed by atoms with E-state index in [2.05, 4.69) is 11.4 Å². The summed E-state index contributed by atoms with van der Waals surface area (Å²) in [6, 6.07) is 7.85. The number of benzene rings is 1. The predicted molar refractivity (Wildman–Crippen MR) is 72.8 cm³/mol. The number of nitrogens with zero attached hydrogens (tertiary/aromatic N) is 1. The van der Waals surface area contributed by atoms with E-state index >= 15 is 0 Å². The smallest absolute Gasteiger partial charge is 0.101 e. The van der Waals surface area contributed by atoms with Crippen LogP contribution in [0.15, 0.2) is 18.2 Å².